The van der Waals surface area contributed by atoms with Crippen molar-refractivity contribution >= 4 is 39.1 Å². The van der Waals surface area contributed by atoms with Gasteiger partial charge in [0, 0.05) is 21.5 Å². The van der Waals surface area contributed by atoms with Crippen LogP contribution in [0.4, 0.5) is 0 Å². The van der Waals surface area contributed by atoms with E-state index in [4.69, 9.17) is 17.1 Å². The van der Waals surface area contributed by atoms with Gasteiger partial charge < -0.3 is 10.2 Å². The normalized spacial score (nSPS) is 10.9. The maximum atomic E-state index is 11.7. The van der Waals surface area contributed by atoms with Crippen LogP contribution in [0.2, 0.25) is 5.02 Å². The van der Waals surface area contributed by atoms with Crippen LogP contribution < -0.4 is 0 Å². The SMILES string of the molecule is N=NC(=O)c1cccc2c(O)c3c(Cl)cccc3c(O)c12. The third-order valence-corrected chi connectivity index (χ3v) is 3.71. The lowest BCUT2D eigenvalue weighted by atomic mass is 9.97. The monoisotopic (exact) mass is 300 g/mol. The Balaban J connectivity index is 2.62. The molecule has 0 aliphatic heterocycles. The van der Waals surface area contributed by atoms with Gasteiger partial charge in [0.15, 0.2) is 0 Å². The molecule has 0 atom stereocenters. The fraction of sp³-hybridized carbons (Fsp3) is 0. The zero-order chi connectivity index (χ0) is 15.1. The molecule has 0 saturated carbocycles. The molecule has 0 aliphatic rings. The summed E-state index contributed by atoms with van der Waals surface area (Å²) in [4.78, 5) is 11.7. The molecule has 0 saturated heterocycles. The smallest absolute Gasteiger partial charge is 0.295 e. The van der Waals surface area contributed by atoms with Gasteiger partial charge in [0.2, 0.25) is 0 Å². The molecule has 0 unspecified atom stereocenters. The Bertz CT molecular complexity index is 922. The summed E-state index contributed by atoms with van der Waals surface area (Å²) in [5, 5.41) is 25.1. The highest BCUT2D eigenvalue weighted by molar-refractivity contribution is 6.37. The van der Waals surface area contributed by atoms with Crippen molar-refractivity contribution in [1.29, 1.82) is 5.53 Å². The number of amides is 1. The summed E-state index contributed by atoms with van der Waals surface area (Å²) in [5.41, 5.74) is 6.91. The van der Waals surface area contributed by atoms with Crippen LogP contribution in [0.3, 0.4) is 0 Å². The number of hydrogen-bond donors (Lipinski definition) is 3. The number of carbonyl (C=O) groups is 1. The Morgan fingerprint density at radius 2 is 1.57 bits per heavy atom. The van der Waals surface area contributed by atoms with Crippen molar-refractivity contribution < 1.29 is 15.0 Å². The Labute approximate surface area is 123 Å². The molecule has 3 rings (SSSR count). The first-order valence-corrected chi connectivity index (χ1v) is 6.40. The largest absolute Gasteiger partial charge is 0.507 e. The number of phenols is 2. The van der Waals surface area contributed by atoms with E-state index < -0.39 is 5.91 Å². The van der Waals surface area contributed by atoms with Gasteiger partial charge in [-0.2, -0.15) is 0 Å². The number of benzene rings is 3. The van der Waals surface area contributed by atoms with Crippen LogP contribution in [0, 0.1) is 5.53 Å². The van der Waals surface area contributed by atoms with E-state index in [2.05, 4.69) is 5.11 Å². The highest BCUT2D eigenvalue weighted by Crippen LogP contribution is 2.45. The number of halogens is 1. The van der Waals surface area contributed by atoms with Gasteiger partial charge in [-0.25, -0.2) is 5.53 Å². The molecule has 1 amide bonds. The van der Waals surface area contributed by atoms with Crippen LogP contribution in [-0.4, -0.2) is 16.1 Å². The summed E-state index contributed by atoms with van der Waals surface area (Å²) in [7, 11) is 0. The molecule has 0 heterocycles. The molecule has 5 nitrogen and oxygen atoms in total. The highest BCUT2D eigenvalue weighted by atomic mass is 35.5. The Kier molecular flexibility index (Phi) is 2.99. The predicted molar refractivity (Wildman–Crippen MR) is 79.3 cm³/mol. The molecule has 0 aromatic heterocycles. The topological polar surface area (TPSA) is 93.7 Å². The molecular formula is C15H9ClN2O3. The van der Waals surface area contributed by atoms with Crippen LogP contribution in [0.1, 0.15) is 10.4 Å². The Morgan fingerprint density at radius 3 is 2.24 bits per heavy atom. The van der Waals surface area contributed by atoms with E-state index in [0.717, 1.165) is 0 Å². The van der Waals surface area contributed by atoms with E-state index in [1.807, 2.05) is 0 Å². The van der Waals surface area contributed by atoms with E-state index >= 15 is 0 Å². The van der Waals surface area contributed by atoms with E-state index in [9.17, 15) is 15.0 Å². The lowest BCUT2D eigenvalue weighted by Gasteiger charge is -2.12. The maximum Gasteiger partial charge on any atom is 0.295 e. The van der Waals surface area contributed by atoms with Gasteiger partial charge >= 0.3 is 0 Å². The van der Waals surface area contributed by atoms with Crippen LogP contribution in [0.5, 0.6) is 11.5 Å². The van der Waals surface area contributed by atoms with Gasteiger partial charge in [0.1, 0.15) is 11.5 Å². The molecule has 6 heteroatoms. The van der Waals surface area contributed by atoms with Crippen LogP contribution >= 0.6 is 11.6 Å². The van der Waals surface area contributed by atoms with Crippen molar-refractivity contribution in [2.24, 2.45) is 5.11 Å². The van der Waals surface area contributed by atoms with Crippen molar-refractivity contribution in [2.45, 2.75) is 0 Å². The minimum atomic E-state index is -0.795. The molecule has 0 spiro atoms. The minimum absolute atomic E-state index is 0.0529. The van der Waals surface area contributed by atoms with Gasteiger partial charge in [-0.15, -0.1) is 5.11 Å². The van der Waals surface area contributed by atoms with Gasteiger partial charge in [-0.1, -0.05) is 35.9 Å². The number of phenolic OH excluding ortho intramolecular Hbond substituents is 2. The van der Waals surface area contributed by atoms with Crippen LogP contribution in [0.15, 0.2) is 41.5 Å². The van der Waals surface area contributed by atoms with E-state index in [0.29, 0.717) is 15.8 Å². The summed E-state index contributed by atoms with van der Waals surface area (Å²) in [5.74, 6) is -1.09. The molecule has 0 fully saturated rings. The molecule has 21 heavy (non-hydrogen) atoms. The summed E-state index contributed by atoms with van der Waals surface area (Å²) in [6.07, 6.45) is 0. The second-order valence-corrected chi connectivity index (χ2v) is 4.91. The second kappa shape index (κ2) is 4.71. The van der Waals surface area contributed by atoms with Gasteiger partial charge in [0.05, 0.1) is 10.6 Å². The van der Waals surface area contributed by atoms with Crippen molar-refractivity contribution in [1.82, 2.24) is 0 Å². The van der Waals surface area contributed by atoms with Gasteiger partial charge in [-0.3, -0.25) is 4.79 Å². The Hall–Kier alpha value is -2.66. The van der Waals surface area contributed by atoms with Crippen molar-refractivity contribution in [2.75, 3.05) is 0 Å². The van der Waals surface area contributed by atoms with Gasteiger partial charge in [-0.05, 0) is 12.1 Å². The first kappa shape index (κ1) is 13.3. The molecule has 0 aliphatic carbocycles. The number of aromatic hydroxyl groups is 2. The number of rotatable bonds is 1. The molecule has 104 valence electrons. The second-order valence-electron chi connectivity index (χ2n) is 4.50. The average molecular weight is 301 g/mol. The number of nitrogens with zero attached hydrogens (tertiary/aromatic N) is 1. The molecule has 0 radical (unpaired) electrons. The zero-order valence-electron chi connectivity index (χ0n) is 10.6. The van der Waals surface area contributed by atoms with Crippen molar-refractivity contribution in [3.05, 3.63) is 47.0 Å². The van der Waals surface area contributed by atoms with Gasteiger partial charge in [0.25, 0.3) is 5.91 Å². The molecule has 3 aromatic rings. The third-order valence-electron chi connectivity index (χ3n) is 3.39. The molecule has 3 N–H and O–H groups in total. The van der Waals surface area contributed by atoms with Crippen LogP contribution in [0.25, 0.3) is 21.5 Å². The lowest BCUT2D eigenvalue weighted by molar-refractivity contribution is 0.0992. The highest BCUT2D eigenvalue weighted by Gasteiger charge is 2.19. The minimum Gasteiger partial charge on any atom is -0.507 e. The first-order valence-electron chi connectivity index (χ1n) is 6.03. The summed E-state index contributed by atoms with van der Waals surface area (Å²) in [6, 6.07) is 9.38. The van der Waals surface area contributed by atoms with Crippen molar-refractivity contribution in [3.63, 3.8) is 0 Å². The third kappa shape index (κ3) is 1.82. The zero-order valence-corrected chi connectivity index (χ0v) is 11.3. The summed E-state index contributed by atoms with van der Waals surface area (Å²) < 4.78 is 0. The number of fused-ring (bicyclic) bond motifs is 2. The average Bonchev–Trinajstić information content (AvgIpc) is 2.51. The van der Waals surface area contributed by atoms with E-state index in [-0.39, 0.29) is 27.8 Å². The maximum absolute atomic E-state index is 11.7. The first-order chi connectivity index (χ1) is 10.1. The fourth-order valence-corrected chi connectivity index (χ4v) is 2.74. The number of nitrogens with one attached hydrogen (secondary N) is 1. The predicted octanol–water partition coefficient (Wildman–Crippen LogP) is 4.23. The number of hydrogen-bond acceptors (Lipinski definition) is 4. The summed E-state index contributed by atoms with van der Waals surface area (Å²) >= 11 is 6.08. The quantitative estimate of drug-likeness (QED) is 0.356. The van der Waals surface area contributed by atoms with Crippen molar-refractivity contribution in [3.8, 4) is 11.5 Å². The standard InChI is InChI=1S/C15H9ClN2O3/c16-10-6-2-4-8-12(10)14(20)7-3-1-5-9(15(21)18-17)11(7)13(8)19/h1-6,17,19-20H. The fourth-order valence-electron chi connectivity index (χ4n) is 2.47. The van der Waals surface area contributed by atoms with E-state index in [1.54, 1.807) is 30.3 Å². The lowest BCUT2D eigenvalue weighted by Crippen LogP contribution is -1.96. The molecular weight excluding hydrogens is 292 g/mol. The molecule has 0 bridgehead atoms. The Morgan fingerprint density at radius 1 is 1.00 bits per heavy atom. The van der Waals surface area contributed by atoms with Crippen LogP contribution in [-0.2, 0) is 0 Å². The summed E-state index contributed by atoms with van der Waals surface area (Å²) in [6.45, 7) is 0. The molecule has 3 aromatic carbocycles. The number of carbonyl (C=O) groups excluding carboxylic acids is 1. The van der Waals surface area contributed by atoms with E-state index in [1.165, 1.54) is 6.07 Å².